The standard InChI is InChI=1S/C24H14N2O5/c1-29-13-6-7-19-15(8-13)16(9-21(28)31-19)22-23(24(22,11-25)12-26)20-10-17(27)14-4-2-3-5-18(14)30-20/h2-10,22-23H,1H3. The minimum absolute atomic E-state index is 0.237. The van der Waals surface area contributed by atoms with E-state index in [1.54, 1.807) is 42.5 Å². The first-order valence-electron chi connectivity index (χ1n) is 9.49. The van der Waals surface area contributed by atoms with Gasteiger partial charge in [-0.3, -0.25) is 4.79 Å². The van der Waals surface area contributed by atoms with Gasteiger partial charge in [0, 0.05) is 23.4 Å². The lowest BCUT2D eigenvalue weighted by molar-refractivity contribution is 0.415. The topological polar surface area (TPSA) is 117 Å². The van der Waals surface area contributed by atoms with Crippen molar-refractivity contribution in [2.75, 3.05) is 7.11 Å². The molecule has 0 spiro atoms. The van der Waals surface area contributed by atoms with E-state index in [-0.39, 0.29) is 11.2 Å². The Labute approximate surface area is 175 Å². The molecule has 0 N–H and O–H groups in total. The number of nitriles is 2. The van der Waals surface area contributed by atoms with Crippen molar-refractivity contribution in [3.05, 3.63) is 86.6 Å². The van der Waals surface area contributed by atoms with Crippen LogP contribution >= 0.6 is 0 Å². The zero-order valence-electron chi connectivity index (χ0n) is 16.3. The summed E-state index contributed by atoms with van der Waals surface area (Å²) in [6.45, 7) is 0. The molecular formula is C24H14N2O5. The van der Waals surface area contributed by atoms with Crippen LogP contribution in [0.15, 0.2) is 73.0 Å². The molecule has 0 bridgehead atoms. The van der Waals surface area contributed by atoms with Crippen LogP contribution in [-0.4, -0.2) is 7.11 Å². The quantitative estimate of drug-likeness (QED) is 0.471. The number of rotatable bonds is 3. The first kappa shape index (κ1) is 18.7. The predicted octanol–water partition coefficient (Wildman–Crippen LogP) is 3.82. The second-order valence-electron chi connectivity index (χ2n) is 7.44. The van der Waals surface area contributed by atoms with Crippen LogP contribution in [0.5, 0.6) is 5.75 Å². The van der Waals surface area contributed by atoms with Gasteiger partial charge in [-0.2, -0.15) is 10.5 Å². The van der Waals surface area contributed by atoms with Gasteiger partial charge < -0.3 is 13.6 Å². The molecule has 1 aliphatic carbocycles. The minimum atomic E-state index is -1.48. The fourth-order valence-corrected chi connectivity index (χ4v) is 4.33. The van der Waals surface area contributed by atoms with Crippen LogP contribution in [0.2, 0.25) is 0 Å². The van der Waals surface area contributed by atoms with E-state index < -0.39 is 22.9 Å². The number of fused-ring (bicyclic) bond motifs is 2. The second-order valence-corrected chi connectivity index (χ2v) is 7.44. The van der Waals surface area contributed by atoms with Crippen molar-refractivity contribution >= 4 is 21.9 Å². The van der Waals surface area contributed by atoms with Crippen LogP contribution in [0.4, 0.5) is 0 Å². The molecule has 2 unspecified atom stereocenters. The monoisotopic (exact) mass is 410 g/mol. The summed E-state index contributed by atoms with van der Waals surface area (Å²) in [5.74, 6) is -0.612. The Morgan fingerprint density at radius 3 is 2.39 bits per heavy atom. The molecule has 7 heteroatoms. The van der Waals surface area contributed by atoms with Crippen LogP contribution in [0.25, 0.3) is 21.9 Å². The largest absolute Gasteiger partial charge is 0.497 e. The van der Waals surface area contributed by atoms with Gasteiger partial charge in [0.2, 0.25) is 0 Å². The Morgan fingerprint density at radius 1 is 0.903 bits per heavy atom. The highest BCUT2D eigenvalue weighted by atomic mass is 16.5. The van der Waals surface area contributed by atoms with Crippen molar-refractivity contribution in [3.63, 3.8) is 0 Å². The molecule has 0 radical (unpaired) electrons. The minimum Gasteiger partial charge on any atom is -0.497 e. The summed E-state index contributed by atoms with van der Waals surface area (Å²) in [6, 6.07) is 18.5. The molecule has 150 valence electrons. The molecule has 0 amide bonds. The maximum atomic E-state index is 12.6. The van der Waals surface area contributed by atoms with E-state index in [0.717, 1.165) is 0 Å². The van der Waals surface area contributed by atoms with Crippen LogP contribution < -0.4 is 15.8 Å². The summed E-state index contributed by atoms with van der Waals surface area (Å²) in [4.78, 5) is 24.8. The van der Waals surface area contributed by atoms with Crippen molar-refractivity contribution in [1.82, 2.24) is 0 Å². The number of nitrogens with zero attached hydrogens (tertiary/aromatic N) is 2. The summed E-state index contributed by atoms with van der Waals surface area (Å²) in [5.41, 5.74) is -1.16. The third-order valence-electron chi connectivity index (χ3n) is 5.85. The molecule has 1 fully saturated rings. The van der Waals surface area contributed by atoms with Gasteiger partial charge in [-0.1, -0.05) is 12.1 Å². The van der Waals surface area contributed by atoms with E-state index in [2.05, 4.69) is 12.1 Å². The van der Waals surface area contributed by atoms with Gasteiger partial charge in [0.25, 0.3) is 0 Å². The number of hydrogen-bond donors (Lipinski definition) is 0. The van der Waals surface area contributed by atoms with Gasteiger partial charge in [-0.05, 0) is 35.9 Å². The van der Waals surface area contributed by atoms with Crippen molar-refractivity contribution in [2.45, 2.75) is 11.8 Å². The molecular weight excluding hydrogens is 396 g/mol. The predicted molar refractivity (Wildman–Crippen MR) is 111 cm³/mol. The van der Waals surface area contributed by atoms with Crippen LogP contribution in [-0.2, 0) is 0 Å². The third kappa shape index (κ3) is 2.64. The van der Waals surface area contributed by atoms with Crippen LogP contribution in [0, 0.1) is 28.1 Å². The lowest BCUT2D eigenvalue weighted by Gasteiger charge is -2.07. The maximum absolute atomic E-state index is 12.6. The molecule has 0 saturated heterocycles. The Morgan fingerprint density at radius 2 is 1.65 bits per heavy atom. The van der Waals surface area contributed by atoms with E-state index in [1.807, 2.05) is 0 Å². The molecule has 4 aromatic rings. The highest BCUT2D eigenvalue weighted by Crippen LogP contribution is 2.70. The Bertz CT molecular complexity index is 1550. The molecule has 2 aromatic heterocycles. The molecule has 31 heavy (non-hydrogen) atoms. The van der Waals surface area contributed by atoms with Gasteiger partial charge in [-0.25, -0.2) is 4.79 Å². The van der Waals surface area contributed by atoms with Gasteiger partial charge in [0.1, 0.15) is 22.7 Å². The fourth-order valence-electron chi connectivity index (χ4n) is 4.33. The van der Waals surface area contributed by atoms with E-state index in [4.69, 9.17) is 13.6 Å². The summed E-state index contributed by atoms with van der Waals surface area (Å²) < 4.78 is 16.5. The zero-order chi connectivity index (χ0) is 21.8. The highest BCUT2D eigenvalue weighted by Gasteiger charge is 2.70. The fraction of sp³-hybridized carbons (Fsp3) is 0.167. The summed E-state index contributed by atoms with van der Waals surface area (Å²) in [7, 11) is 1.51. The van der Waals surface area contributed by atoms with Gasteiger partial charge in [0.05, 0.1) is 30.6 Å². The SMILES string of the molecule is COc1ccc2oc(=O)cc(C3C(c4cc(=O)c5ccccc5o4)C3(C#N)C#N)c2c1. The summed E-state index contributed by atoms with van der Waals surface area (Å²) in [5, 5.41) is 20.8. The van der Waals surface area contributed by atoms with Crippen LogP contribution in [0.3, 0.4) is 0 Å². The van der Waals surface area contributed by atoms with E-state index in [9.17, 15) is 20.1 Å². The first-order chi connectivity index (χ1) is 15.0. The number of ether oxygens (including phenoxy) is 1. The van der Waals surface area contributed by atoms with Gasteiger partial charge in [-0.15, -0.1) is 0 Å². The molecule has 5 rings (SSSR count). The number of hydrogen-bond acceptors (Lipinski definition) is 7. The third-order valence-corrected chi connectivity index (χ3v) is 5.85. The number of para-hydroxylation sites is 1. The van der Waals surface area contributed by atoms with Crippen LogP contribution in [0.1, 0.15) is 23.2 Å². The summed E-state index contributed by atoms with van der Waals surface area (Å²) >= 11 is 0. The van der Waals surface area contributed by atoms with E-state index >= 15 is 0 Å². The van der Waals surface area contributed by atoms with Gasteiger partial charge >= 0.3 is 5.63 Å². The lowest BCUT2D eigenvalue weighted by atomic mass is 9.99. The molecule has 2 heterocycles. The van der Waals surface area contributed by atoms with Crippen molar-refractivity contribution in [1.29, 1.82) is 10.5 Å². The molecule has 2 atom stereocenters. The van der Waals surface area contributed by atoms with Crippen molar-refractivity contribution in [3.8, 4) is 17.9 Å². The molecule has 0 aliphatic heterocycles. The van der Waals surface area contributed by atoms with Gasteiger partial charge in [0.15, 0.2) is 10.8 Å². The van der Waals surface area contributed by atoms with Crippen molar-refractivity contribution in [2.24, 2.45) is 5.41 Å². The Balaban J connectivity index is 1.75. The first-order valence-corrected chi connectivity index (χ1v) is 9.49. The average Bonchev–Trinajstić information content (AvgIpc) is 3.47. The highest BCUT2D eigenvalue weighted by molar-refractivity contribution is 5.84. The average molecular weight is 410 g/mol. The molecule has 7 nitrogen and oxygen atoms in total. The Hall–Kier alpha value is -4.36. The Kier molecular flexibility index (Phi) is 3.96. The lowest BCUT2D eigenvalue weighted by Crippen LogP contribution is -2.03. The summed E-state index contributed by atoms with van der Waals surface area (Å²) in [6.07, 6.45) is 0. The van der Waals surface area contributed by atoms with Crippen molar-refractivity contribution < 1.29 is 13.6 Å². The maximum Gasteiger partial charge on any atom is 0.336 e. The molecule has 2 aromatic carbocycles. The normalized spacial score (nSPS) is 18.9. The molecule has 1 saturated carbocycles. The smallest absolute Gasteiger partial charge is 0.336 e. The number of methoxy groups -OCH3 is 1. The van der Waals surface area contributed by atoms with E-state index in [0.29, 0.717) is 33.3 Å². The number of benzene rings is 2. The van der Waals surface area contributed by atoms with E-state index in [1.165, 1.54) is 19.2 Å². The zero-order valence-corrected chi connectivity index (χ0v) is 16.3. The second kappa shape index (κ2) is 6.58. The molecule has 1 aliphatic rings.